The van der Waals surface area contributed by atoms with Crippen LogP contribution in [-0.4, -0.2) is 30.1 Å². The molecule has 0 saturated heterocycles. The molecule has 3 nitrogen and oxygen atoms in total. The van der Waals surface area contributed by atoms with E-state index in [9.17, 15) is 0 Å². The quantitative estimate of drug-likeness (QED) is 0.834. The SMILES string of the molecule is CSCCC(C)N(C)c1ccc(N)nc1. The lowest BCUT2D eigenvalue weighted by molar-refractivity contribution is 0.668. The van der Waals surface area contributed by atoms with E-state index in [1.54, 1.807) is 0 Å². The molecule has 84 valence electrons. The minimum Gasteiger partial charge on any atom is -0.384 e. The molecule has 0 aromatic carbocycles. The van der Waals surface area contributed by atoms with Crippen molar-refractivity contribution in [1.82, 2.24) is 4.98 Å². The molecule has 0 amide bonds. The Balaban J connectivity index is 2.59. The standard InChI is InChI=1S/C11H19N3S/c1-9(6-7-15-3)14(2)10-4-5-11(12)13-8-10/h4-5,8-9H,6-7H2,1-3H3,(H2,12,13). The first-order valence-electron chi connectivity index (χ1n) is 5.08. The molecule has 0 aliphatic carbocycles. The Bertz CT molecular complexity index is 286. The molecule has 1 atom stereocenters. The fourth-order valence-electron chi connectivity index (χ4n) is 1.34. The average Bonchev–Trinajstić information content (AvgIpc) is 2.26. The van der Waals surface area contributed by atoms with Crippen LogP contribution >= 0.6 is 11.8 Å². The molecule has 0 aliphatic heterocycles. The summed E-state index contributed by atoms with van der Waals surface area (Å²) in [6, 6.07) is 4.38. The van der Waals surface area contributed by atoms with Crippen LogP contribution in [0, 0.1) is 0 Å². The maximum absolute atomic E-state index is 5.55. The summed E-state index contributed by atoms with van der Waals surface area (Å²) >= 11 is 1.88. The Morgan fingerprint density at radius 3 is 2.80 bits per heavy atom. The van der Waals surface area contributed by atoms with Gasteiger partial charge in [0.1, 0.15) is 5.82 Å². The van der Waals surface area contributed by atoms with E-state index in [-0.39, 0.29) is 0 Å². The van der Waals surface area contributed by atoms with Crippen molar-refractivity contribution in [3.8, 4) is 0 Å². The molecule has 0 aliphatic rings. The van der Waals surface area contributed by atoms with Crippen LogP contribution in [0.4, 0.5) is 11.5 Å². The highest BCUT2D eigenvalue weighted by Crippen LogP contribution is 2.17. The molecule has 4 heteroatoms. The second kappa shape index (κ2) is 5.85. The van der Waals surface area contributed by atoms with Crippen LogP contribution in [0.5, 0.6) is 0 Å². The second-order valence-corrected chi connectivity index (χ2v) is 4.67. The van der Waals surface area contributed by atoms with Gasteiger partial charge < -0.3 is 10.6 Å². The number of rotatable bonds is 5. The lowest BCUT2D eigenvalue weighted by Crippen LogP contribution is -2.29. The van der Waals surface area contributed by atoms with E-state index in [1.807, 2.05) is 30.1 Å². The van der Waals surface area contributed by atoms with Crippen molar-refractivity contribution >= 4 is 23.3 Å². The molecule has 0 fully saturated rings. The largest absolute Gasteiger partial charge is 0.384 e. The molecule has 1 unspecified atom stereocenters. The summed E-state index contributed by atoms with van der Waals surface area (Å²) in [6.45, 7) is 2.23. The van der Waals surface area contributed by atoms with Gasteiger partial charge >= 0.3 is 0 Å². The number of nitrogens with two attached hydrogens (primary N) is 1. The summed E-state index contributed by atoms with van der Waals surface area (Å²) in [7, 11) is 2.10. The van der Waals surface area contributed by atoms with Gasteiger partial charge in [-0.3, -0.25) is 0 Å². The molecule has 1 rings (SSSR count). The van der Waals surface area contributed by atoms with Gasteiger partial charge in [0.05, 0.1) is 11.9 Å². The number of pyridine rings is 1. The summed E-state index contributed by atoms with van der Waals surface area (Å²) in [5.41, 5.74) is 6.67. The lowest BCUT2D eigenvalue weighted by atomic mass is 10.2. The van der Waals surface area contributed by atoms with Crippen LogP contribution in [0.2, 0.25) is 0 Å². The van der Waals surface area contributed by atoms with Gasteiger partial charge in [-0.2, -0.15) is 11.8 Å². The molecule has 0 bridgehead atoms. The first kappa shape index (κ1) is 12.2. The maximum atomic E-state index is 5.55. The van der Waals surface area contributed by atoms with E-state index in [0.717, 1.165) is 5.69 Å². The van der Waals surface area contributed by atoms with Gasteiger partial charge in [-0.15, -0.1) is 0 Å². The van der Waals surface area contributed by atoms with Gasteiger partial charge in [0.2, 0.25) is 0 Å². The van der Waals surface area contributed by atoms with Gasteiger partial charge in [0.15, 0.2) is 0 Å². The van der Waals surface area contributed by atoms with Gasteiger partial charge in [-0.05, 0) is 37.5 Å². The molecule has 0 radical (unpaired) electrons. The average molecular weight is 225 g/mol. The zero-order valence-corrected chi connectivity index (χ0v) is 10.4. The smallest absolute Gasteiger partial charge is 0.123 e. The van der Waals surface area contributed by atoms with Gasteiger partial charge in [0.25, 0.3) is 0 Å². The van der Waals surface area contributed by atoms with E-state index < -0.39 is 0 Å². The highest BCUT2D eigenvalue weighted by Gasteiger charge is 2.09. The number of hydrogen-bond acceptors (Lipinski definition) is 4. The Kier molecular flexibility index (Phi) is 4.75. The molecular formula is C11H19N3S. The highest BCUT2D eigenvalue weighted by molar-refractivity contribution is 7.98. The van der Waals surface area contributed by atoms with Crippen molar-refractivity contribution < 1.29 is 0 Å². The van der Waals surface area contributed by atoms with Crippen molar-refractivity contribution in [2.45, 2.75) is 19.4 Å². The number of nitrogen functional groups attached to an aromatic ring is 1. The van der Waals surface area contributed by atoms with E-state index in [2.05, 4.69) is 30.1 Å². The van der Waals surface area contributed by atoms with Crippen LogP contribution in [0.25, 0.3) is 0 Å². The topological polar surface area (TPSA) is 42.1 Å². The monoisotopic (exact) mass is 225 g/mol. The molecular weight excluding hydrogens is 206 g/mol. The molecule has 2 N–H and O–H groups in total. The van der Waals surface area contributed by atoms with Crippen molar-refractivity contribution in [2.75, 3.05) is 29.7 Å². The molecule has 0 saturated carbocycles. The molecule has 15 heavy (non-hydrogen) atoms. The van der Waals surface area contributed by atoms with E-state index in [0.29, 0.717) is 11.9 Å². The minimum absolute atomic E-state index is 0.530. The fraction of sp³-hybridized carbons (Fsp3) is 0.545. The summed E-state index contributed by atoms with van der Waals surface area (Å²) in [4.78, 5) is 6.33. The molecule has 1 heterocycles. The third-order valence-corrected chi connectivity index (χ3v) is 3.22. The van der Waals surface area contributed by atoms with Crippen molar-refractivity contribution in [3.63, 3.8) is 0 Å². The predicted octanol–water partition coefficient (Wildman–Crippen LogP) is 2.24. The van der Waals surface area contributed by atoms with E-state index in [4.69, 9.17) is 5.73 Å². The number of nitrogens with zero attached hydrogens (tertiary/aromatic N) is 2. The first-order chi connectivity index (χ1) is 7.15. The van der Waals surface area contributed by atoms with Gasteiger partial charge in [-0.25, -0.2) is 4.98 Å². The van der Waals surface area contributed by atoms with Crippen LogP contribution in [0.1, 0.15) is 13.3 Å². The first-order valence-corrected chi connectivity index (χ1v) is 6.48. The zero-order valence-electron chi connectivity index (χ0n) is 9.60. The van der Waals surface area contributed by atoms with E-state index in [1.165, 1.54) is 12.2 Å². The highest BCUT2D eigenvalue weighted by atomic mass is 32.2. The van der Waals surface area contributed by atoms with Crippen molar-refractivity contribution in [1.29, 1.82) is 0 Å². The maximum Gasteiger partial charge on any atom is 0.123 e. The fourth-order valence-corrected chi connectivity index (χ4v) is 1.92. The van der Waals surface area contributed by atoms with Crippen LogP contribution in [-0.2, 0) is 0 Å². The Morgan fingerprint density at radius 2 is 2.27 bits per heavy atom. The third kappa shape index (κ3) is 3.63. The summed E-state index contributed by atoms with van der Waals surface area (Å²) < 4.78 is 0. The molecule has 1 aromatic rings. The summed E-state index contributed by atoms with van der Waals surface area (Å²) in [6.07, 6.45) is 5.14. The normalized spacial score (nSPS) is 12.5. The Labute approximate surface area is 96.1 Å². The number of hydrogen-bond donors (Lipinski definition) is 1. The summed E-state index contributed by atoms with van der Waals surface area (Å²) in [5, 5.41) is 0. The van der Waals surface area contributed by atoms with Crippen molar-refractivity contribution in [2.24, 2.45) is 0 Å². The molecule has 1 aromatic heterocycles. The number of anilines is 2. The molecule has 0 spiro atoms. The minimum atomic E-state index is 0.530. The summed E-state index contributed by atoms with van der Waals surface area (Å²) in [5.74, 6) is 1.76. The van der Waals surface area contributed by atoms with Gasteiger partial charge in [-0.1, -0.05) is 0 Å². The second-order valence-electron chi connectivity index (χ2n) is 3.68. The Morgan fingerprint density at radius 1 is 1.53 bits per heavy atom. The third-order valence-electron chi connectivity index (χ3n) is 2.58. The predicted molar refractivity (Wildman–Crippen MR) is 69.5 cm³/mol. The van der Waals surface area contributed by atoms with Gasteiger partial charge in [0, 0.05) is 13.1 Å². The van der Waals surface area contributed by atoms with Crippen LogP contribution in [0.15, 0.2) is 18.3 Å². The number of aromatic nitrogens is 1. The lowest BCUT2D eigenvalue weighted by Gasteiger charge is -2.26. The van der Waals surface area contributed by atoms with Crippen LogP contribution < -0.4 is 10.6 Å². The van der Waals surface area contributed by atoms with Crippen molar-refractivity contribution in [3.05, 3.63) is 18.3 Å². The van der Waals surface area contributed by atoms with Crippen LogP contribution in [0.3, 0.4) is 0 Å². The number of thioether (sulfide) groups is 1. The Hall–Kier alpha value is -0.900. The zero-order chi connectivity index (χ0) is 11.3. The van der Waals surface area contributed by atoms with E-state index >= 15 is 0 Å².